The fourth-order valence-electron chi connectivity index (χ4n) is 1.65. The lowest BCUT2D eigenvalue weighted by Gasteiger charge is -2.19. The molecular formula is C11H22N2O2. The highest BCUT2D eigenvalue weighted by Crippen LogP contribution is 2.24. The zero-order valence-electron chi connectivity index (χ0n) is 9.95. The van der Waals surface area contributed by atoms with Crippen LogP contribution in [0.15, 0.2) is 0 Å². The van der Waals surface area contributed by atoms with Crippen molar-refractivity contribution < 1.29 is 9.53 Å². The van der Waals surface area contributed by atoms with Crippen molar-refractivity contribution >= 4 is 5.97 Å². The van der Waals surface area contributed by atoms with E-state index in [1.165, 1.54) is 20.0 Å². The first-order chi connectivity index (χ1) is 7.19. The van der Waals surface area contributed by atoms with Gasteiger partial charge in [-0.2, -0.15) is 0 Å². The third-order valence-corrected chi connectivity index (χ3v) is 2.92. The minimum absolute atomic E-state index is 0.150. The second-order valence-electron chi connectivity index (χ2n) is 4.15. The van der Waals surface area contributed by atoms with E-state index < -0.39 is 0 Å². The molecule has 15 heavy (non-hydrogen) atoms. The van der Waals surface area contributed by atoms with E-state index in [0.717, 1.165) is 25.6 Å². The maximum Gasteiger partial charge on any atom is 0.322 e. The topological polar surface area (TPSA) is 41.6 Å². The van der Waals surface area contributed by atoms with Crippen LogP contribution in [0, 0.1) is 0 Å². The number of rotatable bonds is 7. The lowest BCUT2D eigenvalue weighted by atomic mass is 10.2. The van der Waals surface area contributed by atoms with Crippen molar-refractivity contribution in [3.05, 3.63) is 0 Å². The first kappa shape index (κ1) is 12.5. The van der Waals surface area contributed by atoms with E-state index in [-0.39, 0.29) is 12.0 Å². The fraction of sp³-hybridized carbons (Fsp3) is 0.909. The first-order valence-corrected chi connectivity index (χ1v) is 5.70. The molecule has 0 bridgehead atoms. The molecular weight excluding hydrogens is 192 g/mol. The molecule has 0 radical (unpaired) electrons. The first-order valence-electron chi connectivity index (χ1n) is 5.70. The summed E-state index contributed by atoms with van der Waals surface area (Å²) in [4.78, 5) is 13.6. The van der Waals surface area contributed by atoms with E-state index in [2.05, 4.69) is 17.3 Å². The van der Waals surface area contributed by atoms with Gasteiger partial charge in [0.15, 0.2) is 0 Å². The van der Waals surface area contributed by atoms with Crippen LogP contribution in [0.1, 0.15) is 26.2 Å². The predicted molar refractivity (Wildman–Crippen MR) is 59.7 cm³/mol. The van der Waals surface area contributed by atoms with E-state index in [9.17, 15) is 4.79 Å². The second kappa shape index (κ2) is 6.08. The zero-order chi connectivity index (χ0) is 11.3. The molecule has 1 unspecified atom stereocenters. The average molecular weight is 214 g/mol. The Morgan fingerprint density at radius 1 is 1.60 bits per heavy atom. The van der Waals surface area contributed by atoms with Crippen LogP contribution in [0.2, 0.25) is 0 Å². The van der Waals surface area contributed by atoms with Gasteiger partial charge in [0.05, 0.1) is 7.11 Å². The maximum atomic E-state index is 11.3. The van der Waals surface area contributed by atoms with Gasteiger partial charge in [0.1, 0.15) is 6.04 Å². The maximum absolute atomic E-state index is 11.3. The lowest BCUT2D eigenvalue weighted by molar-refractivity contribution is -0.143. The van der Waals surface area contributed by atoms with E-state index in [1.807, 2.05) is 6.92 Å². The van der Waals surface area contributed by atoms with Crippen LogP contribution in [0.25, 0.3) is 0 Å². The Bertz CT molecular complexity index is 205. The normalized spacial score (nSPS) is 17.9. The molecule has 0 spiro atoms. The van der Waals surface area contributed by atoms with Crippen molar-refractivity contribution in [1.82, 2.24) is 10.2 Å². The summed E-state index contributed by atoms with van der Waals surface area (Å²) in [6, 6.07) is 0.632. The number of nitrogens with zero attached hydrogens (tertiary/aromatic N) is 1. The summed E-state index contributed by atoms with van der Waals surface area (Å²) in [5.41, 5.74) is 0. The number of carbonyl (C=O) groups excluding carboxylic acids is 1. The number of nitrogens with one attached hydrogen (secondary N) is 1. The van der Waals surface area contributed by atoms with Gasteiger partial charge >= 0.3 is 5.97 Å². The predicted octanol–water partition coefficient (Wildman–Crippen LogP) is 0.622. The largest absolute Gasteiger partial charge is 0.468 e. The summed E-state index contributed by atoms with van der Waals surface area (Å²) in [6.07, 6.45) is 3.43. The number of ether oxygens (including phenoxy) is 1. The third-order valence-electron chi connectivity index (χ3n) is 2.92. The van der Waals surface area contributed by atoms with Gasteiger partial charge in [0.2, 0.25) is 0 Å². The van der Waals surface area contributed by atoms with Gasteiger partial charge in [0.25, 0.3) is 0 Å². The van der Waals surface area contributed by atoms with Gasteiger partial charge in [-0.1, -0.05) is 6.92 Å². The number of esters is 1. The van der Waals surface area contributed by atoms with Gasteiger partial charge in [-0.05, 0) is 26.3 Å². The van der Waals surface area contributed by atoms with E-state index >= 15 is 0 Å². The molecule has 1 fully saturated rings. The number of hydrogen-bond donors (Lipinski definition) is 1. The highest BCUT2D eigenvalue weighted by molar-refractivity contribution is 5.75. The van der Waals surface area contributed by atoms with Crippen molar-refractivity contribution in [3.63, 3.8) is 0 Å². The van der Waals surface area contributed by atoms with E-state index in [0.29, 0.717) is 0 Å². The van der Waals surface area contributed by atoms with Crippen LogP contribution in [0.4, 0.5) is 0 Å². The highest BCUT2D eigenvalue weighted by Gasteiger charge is 2.25. The van der Waals surface area contributed by atoms with Crippen molar-refractivity contribution in [2.24, 2.45) is 0 Å². The van der Waals surface area contributed by atoms with E-state index in [1.54, 1.807) is 0 Å². The monoisotopic (exact) mass is 214 g/mol. The Hall–Kier alpha value is -0.610. The minimum Gasteiger partial charge on any atom is -0.468 e. The number of likely N-dealkylation sites (N-methyl/N-ethyl adjacent to an activating group) is 1. The standard InChI is InChI=1S/C11H22N2O2/c1-4-10(11(14)15-3)12-7-8-13(2)9-5-6-9/h9-10,12H,4-8H2,1-3H3. The molecule has 4 heteroatoms. The zero-order valence-corrected chi connectivity index (χ0v) is 9.95. The highest BCUT2D eigenvalue weighted by atomic mass is 16.5. The molecule has 1 N–H and O–H groups in total. The minimum atomic E-state index is -0.161. The Labute approximate surface area is 92.0 Å². The summed E-state index contributed by atoms with van der Waals surface area (Å²) < 4.78 is 4.71. The van der Waals surface area contributed by atoms with Crippen molar-refractivity contribution in [1.29, 1.82) is 0 Å². The quantitative estimate of drug-likeness (QED) is 0.631. The Morgan fingerprint density at radius 2 is 2.27 bits per heavy atom. The van der Waals surface area contributed by atoms with Gasteiger partial charge in [-0.3, -0.25) is 4.79 Å². The molecule has 0 aromatic heterocycles. The smallest absolute Gasteiger partial charge is 0.322 e. The van der Waals surface area contributed by atoms with Crippen LogP contribution in [-0.4, -0.2) is 50.2 Å². The Kier molecular flexibility index (Phi) is 5.05. The molecule has 1 aliphatic carbocycles. The third kappa shape index (κ3) is 4.18. The van der Waals surface area contributed by atoms with Gasteiger partial charge in [-0.15, -0.1) is 0 Å². The van der Waals surface area contributed by atoms with Gasteiger partial charge in [-0.25, -0.2) is 0 Å². The molecule has 1 aliphatic rings. The summed E-state index contributed by atoms with van der Waals surface area (Å²) in [7, 11) is 3.57. The fourth-order valence-corrected chi connectivity index (χ4v) is 1.65. The second-order valence-corrected chi connectivity index (χ2v) is 4.15. The molecule has 1 atom stereocenters. The average Bonchev–Trinajstić information content (AvgIpc) is 3.06. The summed E-state index contributed by atoms with van der Waals surface area (Å²) in [5, 5.41) is 3.22. The summed E-state index contributed by atoms with van der Waals surface area (Å²) in [5.74, 6) is -0.161. The van der Waals surface area contributed by atoms with Crippen LogP contribution in [0.5, 0.6) is 0 Å². The molecule has 0 amide bonds. The lowest BCUT2D eigenvalue weighted by Crippen LogP contribution is -2.41. The molecule has 0 aliphatic heterocycles. The van der Waals surface area contributed by atoms with Crippen molar-refractivity contribution in [2.75, 3.05) is 27.2 Å². The SMILES string of the molecule is CCC(NCCN(C)C1CC1)C(=O)OC. The van der Waals surface area contributed by atoms with Gasteiger partial charge < -0.3 is 15.0 Å². The Morgan fingerprint density at radius 3 is 2.73 bits per heavy atom. The van der Waals surface area contributed by atoms with Crippen molar-refractivity contribution in [3.8, 4) is 0 Å². The van der Waals surface area contributed by atoms with Crippen LogP contribution in [0.3, 0.4) is 0 Å². The van der Waals surface area contributed by atoms with Crippen molar-refractivity contribution in [2.45, 2.75) is 38.3 Å². The number of hydrogen-bond acceptors (Lipinski definition) is 4. The molecule has 0 saturated heterocycles. The number of carbonyl (C=O) groups is 1. The van der Waals surface area contributed by atoms with Crippen LogP contribution < -0.4 is 5.32 Å². The molecule has 0 aromatic carbocycles. The van der Waals surface area contributed by atoms with Gasteiger partial charge in [0, 0.05) is 19.1 Å². The molecule has 0 aromatic rings. The Balaban J connectivity index is 2.13. The molecule has 88 valence electrons. The summed E-state index contributed by atoms with van der Waals surface area (Å²) in [6.45, 7) is 3.83. The number of methoxy groups -OCH3 is 1. The van der Waals surface area contributed by atoms with Crippen LogP contribution in [-0.2, 0) is 9.53 Å². The summed E-state index contributed by atoms with van der Waals surface area (Å²) >= 11 is 0. The molecule has 4 nitrogen and oxygen atoms in total. The molecule has 0 heterocycles. The van der Waals surface area contributed by atoms with Crippen LogP contribution >= 0.6 is 0 Å². The molecule has 1 rings (SSSR count). The molecule has 1 saturated carbocycles. The van der Waals surface area contributed by atoms with E-state index in [4.69, 9.17) is 4.74 Å².